The molecule has 0 radical (unpaired) electrons. The average Bonchev–Trinajstić information content (AvgIpc) is 2.54. The first-order chi connectivity index (χ1) is 11.8. The molecule has 0 saturated heterocycles. The van der Waals surface area contributed by atoms with Crippen LogP contribution in [0.3, 0.4) is 0 Å². The van der Waals surface area contributed by atoms with Gasteiger partial charge in [-0.05, 0) is 59.9 Å². The topological polar surface area (TPSA) is 30.2 Å². The quantitative estimate of drug-likeness (QED) is 0.360. The number of benzene rings is 2. The van der Waals surface area contributed by atoms with Gasteiger partial charge >= 0.3 is 5.63 Å². The number of hydrogen-bond donors (Lipinski definition) is 0. The molecule has 5 heteroatoms. The Morgan fingerprint density at radius 1 is 1.12 bits per heavy atom. The van der Waals surface area contributed by atoms with E-state index in [1.807, 2.05) is 19.1 Å². The summed E-state index contributed by atoms with van der Waals surface area (Å²) in [5.74, 6) is 1.02. The molecular weight excluding hydrogens is 375 g/mol. The van der Waals surface area contributed by atoms with Crippen molar-refractivity contribution in [1.82, 2.24) is 0 Å². The van der Waals surface area contributed by atoms with Crippen molar-refractivity contribution in [1.29, 1.82) is 0 Å². The maximum atomic E-state index is 11.9. The number of halogens is 2. The number of aryl methyl sites for hydroxylation is 1. The summed E-state index contributed by atoms with van der Waals surface area (Å²) in [4.78, 5) is 12.8. The molecule has 2 nitrogen and oxygen atoms in total. The van der Waals surface area contributed by atoms with Gasteiger partial charge in [0.2, 0.25) is 0 Å². The highest BCUT2D eigenvalue weighted by atomic mass is 35.5. The average molecular weight is 393 g/mol. The molecule has 0 saturated carbocycles. The lowest BCUT2D eigenvalue weighted by molar-refractivity contribution is 0.559. The molecule has 1 aromatic heterocycles. The molecular formula is C20H18Cl2O2S. The van der Waals surface area contributed by atoms with E-state index in [1.165, 1.54) is 5.56 Å². The normalized spacial score (nSPS) is 11.4. The van der Waals surface area contributed by atoms with Crippen LogP contribution in [0.25, 0.3) is 11.0 Å². The van der Waals surface area contributed by atoms with Gasteiger partial charge in [0.15, 0.2) is 0 Å². The van der Waals surface area contributed by atoms with Gasteiger partial charge in [0, 0.05) is 27.1 Å². The summed E-state index contributed by atoms with van der Waals surface area (Å²) in [7, 11) is 0. The summed E-state index contributed by atoms with van der Waals surface area (Å²) in [6.07, 6.45) is 0. The maximum Gasteiger partial charge on any atom is 0.336 e. The van der Waals surface area contributed by atoms with E-state index < -0.39 is 0 Å². The molecule has 0 fully saturated rings. The van der Waals surface area contributed by atoms with Crippen molar-refractivity contribution in [3.05, 3.63) is 73.6 Å². The second kappa shape index (κ2) is 7.45. The van der Waals surface area contributed by atoms with E-state index in [-0.39, 0.29) is 5.63 Å². The maximum absolute atomic E-state index is 11.9. The van der Waals surface area contributed by atoms with Crippen LogP contribution in [-0.2, 0) is 5.75 Å². The van der Waals surface area contributed by atoms with E-state index in [0.717, 1.165) is 21.4 Å². The van der Waals surface area contributed by atoms with E-state index in [4.69, 9.17) is 27.6 Å². The van der Waals surface area contributed by atoms with Crippen molar-refractivity contribution in [2.45, 2.75) is 37.3 Å². The lowest BCUT2D eigenvalue weighted by atomic mass is 9.95. The molecule has 25 heavy (non-hydrogen) atoms. The SMILES string of the molecule is Cc1cc2oc(=O)cc(CSc3cc(Cl)ccc3Cl)c2cc1C(C)C. The Bertz CT molecular complexity index is 993. The highest BCUT2D eigenvalue weighted by Gasteiger charge is 2.12. The Morgan fingerprint density at radius 3 is 2.60 bits per heavy atom. The van der Waals surface area contributed by atoms with Crippen LogP contribution in [-0.4, -0.2) is 0 Å². The molecule has 0 N–H and O–H groups in total. The molecule has 0 unspecified atom stereocenters. The number of fused-ring (bicyclic) bond motifs is 1. The zero-order chi connectivity index (χ0) is 18.1. The minimum atomic E-state index is -0.336. The summed E-state index contributed by atoms with van der Waals surface area (Å²) >= 11 is 13.9. The summed E-state index contributed by atoms with van der Waals surface area (Å²) in [6.45, 7) is 6.36. The Hall–Kier alpha value is -1.42. The van der Waals surface area contributed by atoms with Gasteiger partial charge < -0.3 is 4.42 Å². The molecule has 130 valence electrons. The van der Waals surface area contributed by atoms with Crippen molar-refractivity contribution in [2.24, 2.45) is 0 Å². The van der Waals surface area contributed by atoms with Crippen LogP contribution in [0, 0.1) is 6.92 Å². The fourth-order valence-electron chi connectivity index (χ4n) is 2.88. The first-order valence-corrected chi connectivity index (χ1v) is 9.74. The van der Waals surface area contributed by atoms with Gasteiger partial charge in [-0.15, -0.1) is 11.8 Å². The van der Waals surface area contributed by atoms with Crippen molar-refractivity contribution in [2.75, 3.05) is 0 Å². The van der Waals surface area contributed by atoms with E-state index in [1.54, 1.807) is 30.0 Å². The van der Waals surface area contributed by atoms with E-state index in [9.17, 15) is 4.79 Å². The predicted molar refractivity (Wildman–Crippen MR) is 107 cm³/mol. The third-order valence-electron chi connectivity index (χ3n) is 4.12. The third kappa shape index (κ3) is 4.05. The fraction of sp³-hybridized carbons (Fsp3) is 0.250. The van der Waals surface area contributed by atoms with Gasteiger partial charge in [0.1, 0.15) is 5.58 Å². The minimum Gasteiger partial charge on any atom is -0.423 e. The highest BCUT2D eigenvalue weighted by molar-refractivity contribution is 7.98. The number of rotatable bonds is 4. The number of hydrogen-bond acceptors (Lipinski definition) is 3. The van der Waals surface area contributed by atoms with E-state index >= 15 is 0 Å². The molecule has 3 aromatic rings. The van der Waals surface area contributed by atoms with Crippen molar-refractivity contribution < 1.29 is 4.42 Å². The van der Waals surface area contributed by atoms with Crippen LogP contribution in [0.5, 0.6) is 0 Å². The highest BCUT2D eigenvalue weighted by Crippen LogP contribution is 2.34. The molecule has 0 amide bonds. The summed E-state index contributed by atoms with van der Waals surface area (Å²) < 4.78 is 5.40. The van der Waals surface area contributed by atoms with Crippen molar-refractivity contribution in [3.63, 3.8) is 0 Å². The molecule has 0 aliphatic heterocycles. The van der Waals surface area contributed by atoms with Crippen LogP contribution >= 0.6 is 35.0 Å². The van der Waals surface area contributed by atoms with Gasteiger partial charge in [0.25, 0.3) is 0 Å². The lowest BCUT2D eigenvalue weighted by Crippen LogP contribution is -2.02. The standard InChI is InChI=1S/C20H18Cl2O2S/c1-11(2)15-9-16-13(7-20(23)24-18(16)6-12(15)3)10-25-19-8-14(21)4-5-17(19)22/h4-9,11H,10H2,1-3H3. The summed E-state index contributed by atoms with van der Waals surface area (Å²) in [5.41, 5.74) is 3.62. The molecule has 0 bridgehead atoms. The Morgan fingerprint density at radius 2 is 1.88 bits per heavy atom. The second-order valence-corrected chi connectivity index (χ2v) is 8.17. The monoisotopic (exact) mass is 392 g/mol. The molecule has 0 spiro atoms. The Kier molecular flexibility index (Phi) is 5.47. The van der Waals surface area contributed by atoms with Crippen LogP contribution in [0.2, 0.25) is 10.0 Å². The molecule has 0 atom stereocenters. The zero-order valence-corrected chi connectivity index (χ0v) is 16.6. The van der Waals surface area contributed by atoms with E-state index in [0.29, 0.717) is 27.3 Å². The molecule has 1 heterocycles. The van der Waals surface area contributed by atoms with Gasteiger partial charge in [-0.3, -0.25) is 0 Å². The van der Waals surface area contributed by atoms with Gasteiger partial charge in [-0.25, -0.2) is 4.79 Å². The molecule has 0 aliphatic carbocycles. The van der Waals surface area contributed by atoms with Gasteiger partial charge in [-0.1, -0.05) is 37.0 Å². The number of thioether (sulfide) groups is 1. The van der Waals surface area contributed by atoms with Crippen LogP contribution in [0.1, 0.15) is 36.5 Å². The molecule has 2 aromatic carbocycles. The lowest BCUT2D eigenvalue weighted by Gasteiger charge is -2.13. The first kappa shape index (κ1) is 18.4. The smallest absolute Gasteiger partial charge is 0.336 e. The molecule has 0 aliphatic rings. The largest absolute Gasteiger partial charge is 0.423 e. The Balaban J connectivity index is 2.04. The van der Waals surface area contributed by atoms with E-state index in [2.05, 4.69) is 19.9 Å². The van der Waals surface area contributed by atoms with Gasteiger partial charge in [0.05, 0.1) is 5.02 Å². The Labute approximate surface area is 161 Å². The predicted octanol–water partition coefficient (Wildman–Crippen LogP) is 6.82. The zero-order valence-electron chi connectivity index (χ0n) is 14.2. The van der Waals surface area contributed by atoms with Crippen molar-refractivity contribution in [3.8, 4) is 0 Å². The summed E-state index contributed by atoms with van der Waals surface area (Å²) in [5, 5.41) is 2.27. The van der Waals surface area contributed by atoms with Gasteiger partial charge in [-0.2, -0.15) is 0 Å². The molecule has 3 rings (SSSR count). The third-order valence-corrected chi connectivity index (χ3v) is 5.90. The van der Waals surface area contributed by atoms with Crippen LogP contribution in [0.15, 0.2) is 50.5 Å². The summed E-state index contributed by atoms with van der Waals surface area (Å²) in [6, 6.07) is 11.0. The first-order valence-electron chi connectivity index (χ1n) is 8.00. The second-order valence-electron chi connectivity index (χ2n) is 6.31. The van der Waals surface area contributed by atoms with Crippen LogP contribution < -0.4 is 5.63 Å². The minimum absolute atomic E-state index is 0.336. The van der Waals surface area contributed by atoms with Crippen LogP contribution in [0.4, 0.5) is 0 Å². The fourth-order valence-corrected chi connectivity index (χ4v) is 4.36. The van der Waals surface area contributed by atoms with Crippen molar-refractivity contribution >= 4 is 45.9 Å².